The number of nitrogens with two attached hydrogens (primary N) is 1. The van der Waals surface area contributed by atoms with Crippen LogP contribution in [0.1, 0.15) is 5.56 Å². The van der Waals surface area contributed by atoms with Crippen molar-refractivity contribution in [3.05, 3.63) is 23.8 Å². The second-order valence-corrected chi connectivity index (χ2v) is 4.06. The normalized spacial score (nSPS) is 12.6. The van der Waals surface area contributed by atoms with Gasteiger partial charge in [-0.3, -0.25) is 0 Å². The highest BCUT2D eigenvalue weighted by Crippen LogP contribution is 2.35. The first-order valence-corrected chi connectivity index (χ1v) is 6.13. The monoisotopic (exact) mass is 310 g/mol. The maximum absolute atomic E-state index is 12.8. The molecule has 4 nitrogen and oxygen atoms in total. The van der Waals surface area contributed by atoms with E-state index in [2.05, 4.69) is 4.99 Å². The van der Waals surface area contributed by atoms with Crippen LogP contribution in [0.2, 0.25) is 0 Å². The first kappa shape index (κ1) is 16.6. The third kappa shape index (κ3) is 5.26. The summed E-state index contributed by atoms with van der Waals surface area (Å²) in [5.41, 5.74) is 4.58. The van der Waals surface area contributed by atoms with Crippen LogP contribution in [-0.4, -0.2) is 32.0 Å². The highest BCUT2D eigenvalue weighted by molar-refractivity contribution is 6.28. The summed E-state index contributed by atoms with van der Waals surface area (Å²) in [5, 5.41) is 0. The fourth-order valence-electron chi connectivity index (χ4n) is 1.33. The number of amidine groups is 1. The number of hydrogen-bond acceptors (Lipinski definition) is 3. The second kappa shape index (κ2) is 7.35. The quantitative estimate of drug-likeness (QED) is 0.380. The van der Waals surface area contributed by atoms with Crippen molar-refractivity contribution in [1.82, 2.24) is 0 Å². The molecule has 0 amide bonds. The minimum atomic E-state index is -4.50. The van der Waals surface area contributed by atoms with Gasteiger partial charge in [-0.2, -0.15) is 13.2 Å². The van der Waals surface area contributed by atoms with Crippen molar-refractivity contribution in [3.63, 3.8) is 0 Å². The van der Waals surface area contributed by atoms with Gasteiger partial charge in [-0.1, -0.05) is 0 Å². The molecule has 0 fully saturated rings. The molecule has 0 aliphatic rings. The summed E-state index contributed by atoms with van der Waals surface area (Å²) in [7, 11) is 1.46. The van der Waals surface area contributed by atoms with Crippen molar-refractivity contribution < 1.29 is 22.6 Å². The lowest BCUT2D eigenvalue weighted by molar-refractivity contribution is -0.137. The molecule has 0 unspecified atom stereocenters. The molecule has 2 N–H and O–H groups in total. The van der Waals surface area contributed by atoms with Crippen LogP contribution in [0, 0.1) is 0 Å². The number of aliphatic imine (C=N–C) groups is 1. The van der Waals surface area contributed by atoms with Gasteiger partial charge < -0.3 is 15.2 Å². The maximum atomic E-state index is 12.8. The molecule has 20 heavy (non-hydrogen) atoms. The summed E-state index contributed by atoms with van der Waals surface area (Å²) >= 11 is 5.45. The molecule has 0 atom stereocenters. The molecule has 0 saturated heterocycles. The summed E-state index contributed by atoms with van der Waals surface area (Å²) in [4.78, 5) is 3.79. The van der Waals surface area contributed by atoms with Crippen LogP contribution in [0.5, 0.6) is 5.75 Å². The van der Waals surface area contributed by atoms with Crippen LogP contribution >= 0.6 is 11.6 Å². The molecule has 0 aromatic heterocycles. The lowest BCUT2D eigenvalue weighted by Crippen LogP contribution is -2.12. The molecule has 0 radical (unpaired) electrons. The van der Waals surface area contributed by atoms with E-state index < -0.39 is 11.7 Å². The number of nitrogens with zero attached hydrogens (tertiary/aromatic N) is 1. The fourth-order valence-corrected chi connectivity index (χ4v) is 1.39. The highest BCUT2D eigenvalue weighted by atomic mass is 35.5. The van der Waals surface area contributed by atoms with Gasteiger partial charge >= 0.3 is 6.18 Å². The van der Waals surface area contributed by atoms with E-state index in [0.717, 1.165) is 12.1 Å². The molecule has 0 aliphatic carbocycles. The van der Waals surface area contributed by atoms with Gasteiger partial charge in [0.2, 0.25) is 0 Å². The summed E-state index contributed by atoms with van der Waals surface area (Å²) in [6.45, 7) is 0.393. The number of methoxy groups -OCH3 is 1. The van der Waals surface area contributed by atoms with E-state index in [1.807, 2.05) is 0 Å². The molecule has 112 valence electrons. The van der Waals surface area contributed by atoms with Gasteiger partial charge in [0.05, 0.1) is 23.7 Å². The minimum Gasteiger partial charge on any atom is -0.491 e. The molecule has 0 spiro atoms. The Hall–Kier alpha value is -1.47. The molecular formula is C12H14ClF3N2O2. The van der Waals surface area contributed by atoms with Gasteiger partial charge in [0, 0.05) is 13.2 Å². The van der Waals surface area contributed by atoms with Gasteiger partial charge in [0.1, 0.15) is 18.2 Å². The van der Waals surface area contributed by atoms with E-state index in [4.69, 9.17) is 26.8 Å². The average molecular weight is 311 g/mol. The summed E-state index contributed by atoms with van der Waals surface area (Å²) in [6.07, 6.45) is -4.50. The van der Waals surface area contributed by atoms with E-state index in [1.165, 1.54) is 13.2 Å². The topological polar surface area (TPSA) is 56.8 Å². The Morgan fingerprint density at radius 1 is 1.30 bits per heavy atom. The van der Waals surface area contributed by atoms with Gasteiger partial charge in [0.15, 0.2) is 0 Å². The van der Waals surface area contributed by atoms with Gasteiger partial charge in [-0.15, -0.1) is 11.6 Å². The predicted molar refractivity (Wildman–Crippen MR) is 70.8 cm³/mol. The standard InChI is InChI=1S/C12H14ClF3N2O2/c1-19-2-3-20-10-5-8(12(14,15)16)4-9(6-10)18-11(17)7-13/h4-6H,2-3,7H2,1H3,(H2,17,18). The molecular weight excluding hydrogens is 297 g/mol. The van der Waals surface area contributed by atoms with Crippen LogP contribution in [0.15, 0.2) is 23.2 Å². The first-order chi connectivity index (χ1) is 9.36. The Labute approximate surface area is 119 Å². The Morgan fingerprint density at radius 3 is 2.55 bits per heavy atom. The zero-order chi connectivity index (χ0) is 15.2. The summed E-state index contributed by atoms with van der Waals surface area (Å²) < 4.78 is 48.2. The number of rotatable bonds is 6. The summed E-state index contributed by atoms with van der Waals surface area (Å²) in [5.74, 6) is -0.0114. The van der Waals surface area contributed by atoms with E-state index in [0.29, 0.717) is 0 Å². The Balaban J connectivity index is 3.08. The van der Waals surface area contributed by atoms with E-state index in [1.54, 1.807) is 0 Å². The van der Waals surface area contributed by atoms with Crippen molar-refractivity contribution in [3.8, 4) is 5.75 Å². The molecule has 0 saturated carbocycles. The third-order valence-electron chi connectivity index (χ3n) is 2.18. The number of hydrogen-bond donors (Lipinski definition) is 1. The summed E-state index contributed by atoms with van der Waals surface area (Å²) in [6, 6.07) is 3.12. The van der Waals surface area contributed by atoms with Crippen LogP contribution in [0.25, 0.3) is 0 Å². The average Bonchev–Trinajstić information content (AvgIpc) is 2.37. The van der Waals surface area contributed by atoms with Crippen molar-refractivity contribution in [2.24, 2.45) is 10.7 Å². The largest absolute Gasteiger partial charge is 0.491 e. The smallest absolute Gasteiger partial charge is 0.416 e. The van der Waals surface area contributed by atoms with Crippen molar-refractivity contribution >= 4 is 23.1 Å². The molecule has 1 aromatic carbocycles. The van der Waals surface area contributed by atoms with Crippen molar-refractivity contribution in [1.29, 1.82) is 0 Å². The molecule has 0 heterocycles. The molecule has 0 aliphatic heterocycles. The zero-order valence-corrected chi connectivity index (χ0v) is 11.5. The lowest BCUT2D eigenvalue weighted by atomic mass is 10.2. The van der Waals surface area contributed by atoms with Crippen molar-refractivity contribution in [2.75, 3.05) is 26.2 Å². The van der Waals surface area contributed by atoms with Gasteiger partial charge in [-0.25, -0.2) is 4.99 Å². The van der Waals surface area contributed by atoms with E-state index in [-0.39, 0.29) is 36.4 Å². The SMILES string of the molecule is COCCOc1cc(N=C(N)CCl)cc(C(F)(F)F)c1. The highest BCUT2D eigenvalue weighted by Gasteiger charge is 2.31. The van der Waals surface area contributed by atoms with Crippen LogP contribution in [0.4, 0.5) is 18.9 Å². The van der Waals surface area contributed by atoms with Crippen LogP contribution in [0.3, 0.4) is 0 Å². The predicted octanol–water partition coefficient (Wildman–Crippen LogP) is 2.96. The van der Waals surface area contributed by atoms with Gasteiger partial charge in [-0.05, 0) is 12.1 Å². The van der Waals surface area contributed by atoms with Crippen LogP contribution < -0.4 is 10.5 Å². The number of alkyl halides is 4. The Bertz CT molecular complexity index is 478. The first-order valence-electron chi connectivity index (χ1n) is 5.60. The lowest BCUT2D eigenvalue weighted by Gasteiger charge is -2.11. The van der Waals surface area contributed by atoms with Crippen molar-refractivity contribution in [2.45, 2.75) is 6.18 Å². The molecule has 8 heteroatoms. The van der Waals surface area contributed by atoms with Gasteiger partial charge in [0.25, 0.3) is 0 Å². The number of ether oxygens (including phenoxy) is 2. The maximum Gasteiger partial charge on any atom is 0.416 e. The van der Waals surface area contributed by atoms with E-state index in [9.17, 15) is 13.2 Å². The molecule has 1 rings (SSSR count). The fraction of sp³-hybridized carbons (Fsp3) is 0.417. The third-order valence-corrected chi connectivity index (χ3v) is 2.46. The Morgan fingerprint density at radius 2 is 2.00 bits per heavy atom. The number of halogens is 4. The second-order valence-electron chi connectivity index (χ2n) is 3.79. The molecule has 0 bridgehead atoms. The zero-order valence-electron chi connectivity index (χ0n) is 10.7. The van der Waals surface area contributed by atoms with E-state index >= 15 is 0 Å². The van der Waals surface area contributed by atoms with Crippen LogP contribution in [-0.2, 0) is 10.9 Å². The Kier molecular flexibility index (Phi) is 6.09. The molecule has 1 aromatic rings. The minimum absolute atomic E-state index is 0.0221. The number of benzene rings is 1.